The molecule has 0 bridgehead atoms. The van der Waals surface area contributed by atoms with Crippen LogP contribution in [0.4, 0.5) is 0 Å². The molecule has 0 saturated heterocycles. The van der Waals surface area contributed by atoms with E-state index in [-0.39, 0.29) is 37.7 Å². The molecule has 0 aliphatic rings. The van der Waals surface area contributed by atoms with Gasteiger partial charge < -0.3 is 5.11 Å². The van der Waals surface area contributed by atoms with Gasteiger partial charge in [0, 0.05) is 25.9 Å². The summed E-state index contributed by atoms with van der Waals surface area (Å²) >= 11 is 0.125. The van der Waals surface area contributed by atoms with Crippen LogP contribution >= 0.6 is 0 Å². The van der Waals surface area contributed by atoms with Gasteiger partial charge in [0.05, 0.1) is 0 Å². The molecule has 5 heteroatoms. The largest absolute Gasteiger partial charge is 0 e. The Morgan fingerprint density at radius 1 is 0.652 bits per heavy atom. The van der Waals surface area contributed by atoms with E-state index in [1.54, 1.807) is 0 Å². The van der Waals surface area contributed by atoms with E-state index in [2.05, 4.69) is 6.92 Å². The third-order valence-corrected chi connectivity index (χ3v) is 3.99. The predicted molar refractivity (Wildman–Crippen MR) is 87.9 cm³/mol. The Kier molecular flexibility index (Phi) is 33.7. The van der Waals surface area contributed by atoms with Crippen LogP contribution in [0.5, 0.6) is 0 Å². The third kappa shape index (κ3) is 30.9. The molecule has 1 N–H and O–H groups in total. The minimum atomic E-state index is -0.653. The molecule has 0 aromatic rings. The molecule has 0 aromatic carbocycles. The molecule has 130 valence electrons. The van der Waals surface area contributed by atoms with Gasteiger partial charge in [0.2, 0.25) is 0 Å². The number of aliphatic carboxylic acids is 1. The number of hydrogen-bond acceptors (Lipinski definition) is 2. The Hall–Kier alpha value is 0.517. The Balaban J connectivity index is -0.00000128. The van der Waals surface area contributed by atoms with Crippen LogP contribution in [0.25, 0.3) is 0 Å². The van der Waals surface area contributed by atoms with Crippen LogP contribution in [-0.4, -0.2) is 11.1 Å². The zero-order valence-electron chi connectivity index (χ0n) is 15.5. The van der Waals surface area contributed by atoms with E-state index in [1.165, 1.54) is 83.5 Å². The maximum Gasteiger partial charge on any atom is 0 e. The summed E-state index contributed by atoms with van der Waals surface area (Å²) in [4.78, 5) is 10.3. The van der Waals surface area contributed by atoms with Crippen molar-refractivity contribution in [2.75, 3.05) is 0 Å². The van der Waals surface area contributed by atoms with Gasteiger partial charge >= 0.3 is 27.8 Å². The van der Waals surface area contributed by atoms with Crippen LogP contribution < -0.4 is 0 Å². The van der Waals surface area contributed by atoms with Gasteiger partial charge in [0.25, 0.3) is 0 Å². The van der Waals surface area contributed by atoms with E-state index in [4.69, 9.17) is 8.68 Å². The van der Waals surface area contributed by atoms with Crippen LogP contribution in [0.2, 0.25) is 0 Å². The first-order chi connectivity index (χ1) is 10.8. The summed E-state index contributed by atoms with van der Waals surface area (Å²) in [5.41, 5.74) is 0. The molecule has 0 aliphatic carbocycles. The molecule has 3 nitrogen and oxygen atoms in total. The normalized spacial score (nSPS) is 9.70. The standard InChI is InChI=1S/C18H36O2.O.2Zn/c1-2-3-4-5-6-7-8-9-10-11-12-13-14-15-16-17-18(19)20;;;/h2-17H2,1H3,(H,19,20);;;. The monoisotopic (exact) mass is 428 g/mol. The number of hydrogen-bond donors (Lipinski definition) is 1. The molecule has 0 fully saturated rings. The molecule has 0 aromatic heterocycles. The first kappa shape index (κ1) is 28.3. The maximum absolute atomic E-state index is 10.3. The number of carboxylic acid groups (broad SMARTS) is 1. The second-order valence-electron chi connectivity index (χ2n) is 6.09. The summed E-state index contributed by atoms with van der Waals surface area (Å²) < 4.78 is 8.38. The summed E-state index contributed by atoms with van der Waals surface area (Å²) in [5.74, 6) is -0.653. The molecule has 0 unspecified atom stereocenters. The molecule has 0 rings (SSSR count). The molecule has 0 saturated carbocycles. The molecule has 0 amide bonds. The first-order valence-corrected chi connectivity index (χ1v) is 10.5. The fourth-order valence-corrected chi connectivity index (χ4v) is 2.65. The summed E-state index contributed by atoms with van der Waals surface area (Å²) in [5, 5.41) is 8.52. The minimum Gasteiger partial charge on any atom is 0 e. The SMILES string of the molecule is CCCCCCCCCCCCCCCCCC(=O)O.[O]=[Zn].[Zn]. The number of carboxylic acids is 1. The minimum absolute atomic E-state index is 0. The maximum atomic E-state index is 10.3. The fraction of sp³-hybridized carbons (Fsp3) is 0.944. The zero-order chi connectivity index (χ0) is 16.9. The predicted octanol–water partition coefficient (Wildman–Crippen LogP) is 6.21. The van der Waals surface area contributed by atoms with Crippen LogP contribution in [0.3, 0.4) is 0 Å². The number of rotatable bonds is 16. The smallest absolute Gasteiger partial charge is 0 e. The van der Waals surface area contributed by atoms with Gasteiger partial charge in [-0.15, -0.1) is 0 Å². The summed E-state index contributed by atoms with van der Waals surface area (Å²) in [6.07, 6.45) is 20.2. The molecule has 0 aliphatic heterocycles. The van der Waals surface area contributed by atoms with Gasteiger partial charge in [-0.05, 0) is 6.42 Å². The van der Waals surface area contributed by atoms with Crippen molar-refractivity contribution in [1.29, 1.82) is 0 Å². The number of unbranched alkanes of at least 4 members (excludes halogenated alkanes) is 14. The zero-order valence-corrected chi connectivity index (χ0v) is 21.4. The van der Waals surface area contributed by atoms with E-state index >= 15 is 0 Å². The number of carbonyl (C=O) groups is 1. The summed E-state index contributed by atoms with van der Waals surface area (Å²) in [7, 11) is 0. The van der Waals surface area contributed by atoms with Crippen molar-refractivity contribution in [3.63, 3.8) is 0 Å². The van der Waals surface area contributed by atoms with E-state index in [0.29, 0.717) is 6.42 Å². The van der Waals surface area contributed by atoms with Crippen LogP contribution in [0.1, 0.15) is 110 Å². The van der Waals surface area contributed by atoms with Crippen molar-refractivity contribution in [3.05, 3.63) is 0 Å². The van der Waals surface area contributed by atoms with Crippen LogP contribution in [-0.2, 0) is 46.1 Å². The molecule has 23 heavy (non-hydrogen) atoms. The second-order valence-corrected chi connectivity index (χ2v) is 6.09. The fourth-order valence-electron chi connectivity index (χ4n) is 2.65. The van der Waals surface area contributed by atoms with Gasteiger partial charge in [-0.1, -0.05) is 96.8 Å². The topological polar surface area (TPSA) is 54.4 Å². The Morgan fingerprint density at radius 2 is 0.913 bits per heavy atom. The van der Waals surface area contributed by atoms with E-state index in [9.17, 15) is 4.79 Å². The average Bonchev–Trinajstić information content (AvgIpc) is 2.53. The van der Waals surface area contributed by atoms with Crippen LogP contribution in [0, 0.1) is 0 Å². The van der Waals surface area contributed by atoms with Crippen molar-refractivity contribution in [2.24, 2.45) is 0 Å². The Labute approximate surface area is 166 Å². The Bertz CT molecular complexity index is 226. The van der Waals surface area contributed by atoms with E-state index < -0.39 is 5.97 Å². The third-order valence-electron chi connectivity index (χ3n) is 3.99. The van der Waals surface area contributed by atoms with Crippen molar-refractivity contribution < 1.29 is 51.2 Å². The molecule has 0 heterocycles. The quantitative estimate of drug-likeness (QED) is 0.234. The molecule has 0 atom stereocenters. The second kappa shape index (κ2) is 27.4. The summed E-state index contributed by atoms with van der Waals surface area (Å²) in [6, 6.07) is 0. The van der Waals surface area contributed by atoms with E-state index in [1.807, 2.05) is 0 Å². The van der Waals surface area contributed by atoms with Crippen molar-refractivity contribution in [2.45, 2.75) is 110 Å². The van der Waals surface area contributed by atoms with E-state index in [0.717, 1.165) is 12.8 Å². The van der Waals surface area contributed by atoms with Crippen LogP contribution in [0.15, 0.2) is 0 Å². The average molecular weight is 431 g/mol. The van der Waals surface area contributed by atoms with Gasteiger partial charge in [0.1, 0.15) is 0 Å². The van der Waals surface area contributed by atoms with Crippen molar-refractivity contribution in [1.82, 2.24) is 0 Å². The van der Waals surface area contributed by atoms with Crippen molar-refractivity contribution >= 4 is 5.97 Å². The van der Waals surface area contributed by atoms with Gasteiger partial charge in [-0.25, -0.2) is 0 Å². The molecular weight excluding hydrogens is 395 g/mol. The van der Waals surface area contributed by atoms with Crippen molar-refractivity contribution in [3.8, 4) is 0 Å². The summed E-state index contributed by atoms with van der Waals surface area (Å²) in [6.45, 7) is 2.27. The first-order valence-electron chi connectivity index (χ1n) is 9.28. The Morgan fingerprint density at radius 3 is 1.17 bits per heavy atom. The molecule has 0 spiro atoms. The molecule has 0 radical (unpaired) electrons. The van der Waals surface area contributed by atoms with Gasteiger partial charge in [0.15, 0.2) is 0 Å². The van der Waals surface area contributed by atoms with Gasteiger partial charge in [-0.3, -0.25) is 4.79 Å². The van der Waals surface area contributed by atoms with Gasteiger partial charge in [-0.2, -0.15) is 0 Å². The molecular formula is C18H36O3Zn2.